The van der Waals surface area contributed by atoms with Gasteiger partial charge < -0.3 is 15.0 Å². The van der Waals surface area contributed by atoms with Gasteiger partial charge in [0.25, 0.3) is 0 Å². The topological polar surface area (TPSA) is 79.4 Å². The van der Waals surface area contributed by atoms with Crippen molar-refractivity contribution in [2.24, 2.45) is 5.92 Å². The van der Waals surface area contributed by atoms with Crippen LogP contribution >= 0.6 is 0 Å². The lowest BCUT2D eigenvalue weighted by Gasteiger charge is -2.29. The molecule has 3 heterocycles. The van der Waals surface area contributed by atoms with E-state index in [-0.39, 0.29) is 0 Å². The quantitative estimate of drug-likeness (QED) is 0.781. The van der Waals surface area contributed by atoms with Crippen molar-refractivity contribution in [3.05, 3.63) is 36.2 Å². The highest BCUT2D eigenvalue weighted by molar-refractivity contribution is 5.86. The minimum Gasteiger partial charge on any atom is -0.453 e. The zero-order valence-corrected chi connectivity index (χ0v) is 17.7. The molecule has 1 aliphatic carbocycles. The van der Waals surface area contributed by atoms with E-state index >= 15 is 0 Å². The van der Waals surface area contributed by atoms with E-state index in [1.807, 2.05) is 24.4 Å². The number of hydrogen-bond donors (Lipinski definition) is 2. The van der Waals surface area contributed by atoms with Crippen LogP contribution < -0.4 is 15.5 Å². The van der Waals surface area contributed by atoms with Crippen molar-refractivity contribution in [3.8, 4) is 11.3 Å². The van der Waals surface area contributed by atoms with E-state index in [0.717, 1.165) is 61.3 Å². The molecule has 30 heavy (non-hydrogen) atoms. The Labute approximate surface area is 178 Å². The molecule has 2 aliphatic rings. The molecule has 1 saturated carbocycles. The van der Waals surface area contributed by atoms with Gasteiger partial charge in [0.05, 0.1) is 12.8 Å². The summed E-state index contributed by atoms with van der Waals surface area (Å²) in [7, 11) is 1.37. The molecule has 1 saturated heterocycles. The number of methoxy groups -OCH3 is 1. The van der Waals surface area contributed by atoms with Crippen LogP contribution in [0.4, 0.5) is 16.3 Å². The maximum Gasteiger partial charge on any atom is 0.411 e. The fourth-order valence-electron chi connectivity index (χ4n) is 4.40. The van der Waals surface area contributed by atoms with Gasteiger partial charge in [0.1, 0.15) is 5.82 Å². The van der Waals surface area contributed by atoms with Gasteiger partial charge in [0, 0.05) is 55.4 Å². The Morgan fingerprint density at radius 2 is 2.00 bits per heavy atom. The lowest BCUT2D eigenvalue weighted by Crippen LogP contribution is -2.43. The second-order valence-electron chi connectivity index (χ2n) is 8.20. The number of nitrogens with one attached hydrogen (secondary N) is 2. The number of rotatable bonds is 5. The third-order valence-electron chi connectivity index (χ3n) is 6.02. The van der Waals surface area contributed by atoms with Crippen molar-refractivity contribution in [1.29, 1.82) is 0 Å². The van der Waals surface area contributed by atoms with Gasteiger partial charge in [-0.2, -0.15) is 0 Å². The lowest BCUT2D eigenvalue weighted by atomic mass is 9.86. The van der Waals surface area contributed by atoms with Crippen LogP contribution in [0.1, 0.15) is 37.8 Å². The van der Waals surface area contributed by atoms with Gasteiger partial charge in [-0.25, -0.2) is 9.78 Å². The second-order valence-corrected chi connectivity index (χ2v) is 8.20. The summed E-state index contributed by atoms with van der Waals surface area (Å²) >= 11 is 0. The summed E-state index contributed by atoms with van der Waals surface area (Å²) in [6.45, 7) is 3.62. The van der Waals surface area contributed by atoms with Gasteiger partial charge in [-0.15, -0.1) is 0 Å². The van der Waals surface area contributed by atoms with Gasteiger partial charge in [-0.05, 0) is 30.5 Å². The first-order valence-electron chi connectivity index (χ1n) is 11.0. The fraction of sp³-hybridized carbons (Fsp3) is 0.522. The summed E-state index contributed by atoms with van der Waals surface area (Å²) in [5, 5.41) is 6.17. The monoisotopic (exact) mass is 409 g/mol. The largest absolute Gasteiger partial charge is 0.453 e. The molecule has 0 spiro atoms. The second kappa shape index (κ2) is 9.89. The summed E-state index contributed by atoms with van der Waals surface area (Å²) in [4.78, 5) is 23.6. The normalized spacial score (nSPS) is 17.6. The predicted octanol–water partition coefficient (Wildman–Crippen LogP) is 3.85. The molecule has 7 heteroatoms. The summed E-state index contributed by atoms with van der Waals surface area (Å²) < 4.78 is 4.78. The Bertz CT molecular complexity index is 860. The van der Waals surface area contributed by atoms with Crippen LogP contribution in [0.15, 0.2) is 30.5 Å². The molecule has 0 unspecified atom stereocenters. The molecule has 7 nitrogen and oxygen atoms in total. The predicted molar refractivity (Wildman–Crippen MR) is 119 cm³/mol. The Hall–Kier alpha value is -2.67. The van der Waals surface area contributed by atoms with Crippen molar-refractivity contribution in [1.82, 2.24) is 15.3 Å². The standard InChI is InChI=1S/C23H31N5O2/c1-30-23(29)26-20-15-21(27-22(16-20)28-11-9-24-10-12-28)18-7-8-25-19(14-18)13-17-5-3-2-4-6-17/h7-8,14-17,24H,2-6,9-13H2,1H3,(H,26,27,29). The van der Waals surface area contributed by atoms with E-state index in [4.69, 9.17) is 9.72 Å². The maximum atomic E-state index is 11.8. The van der Waals surface area contributed by atoms with Crippen molar-refractivity contribution in [2.75, 3.05) is 43.5 Å². The number of aromatic nitrogens is 2. The smallest absolute Gasteiger partial charge is 0.411 e. The van der Waals surface area contributed by atoms with Gasteiger partial charge in [0.15, 0.2) is 0 Å². The highest BCUT2D eigenvalue weighted by Crippen LogP contribution is 2.29. The highest BCUT2D eigenvalue weighted by atomic mass is 16.5. The van der Waals surface area contributed by atoms with E-state index < -0.39 is 6.09 Å². The van der Waals surface area contributed by atoms with Crippen molar-refractivity contribution < 1.29 is 9.53 Å². The number of carbonyl (C=O) groups is 1. The van der Waals surface area contributed by atoms with Crippen molar-refractivity contribution in [2.45, 2.75) is 38.5 Å². The molecule has 2 aromatic heterocycles. The number of ether oxygens (including phenoxy) is 1. The van der Waals surface area contributed by atoms with Crippen LogP contribution in [0.3, 0.4) is 0 Å². The van der Waals surface area contributed by atoms with Crippen LogP contribution in [-0.4, -0.2) is 49.4 Å². The highest BCUT2D eigenvalue weighted by Gasteiger charge is 2.17. The third kappa shape index (κ3) is 5.27. The van der Waals surface area contributed by atoms with E-state index in [9.17, 15) is 4.79 Å². The van der Waals surface area contributed by atoms with E-state index in [1.54, 1.807) is 0 Å². The number of anilines is 2. The maximum absolute atomic E-state index is 11.8. The Morgan fingerprint density at radius 3 is 2.77 bits per heavy atom. The number of carbonyl (C=O) groups excluding carboxylic acids is 1. The first kappa shape index (κ1) is 20.6. The molecule has 2 N–H and O–H groups in total. The van der Waals surface area contributed by atoms with Gasteiger partial charge in [0.2, 0.25) is 0 Å². The summed E-state index contributed by atoms with van der Waals surface area (Å²) in [5.41, 5.74) is 3.67. The SMILES string of the molecule is COC(=O)Nc1cc(-c2ccnc(CC3CCCCC3)c2)nc(N2CCNCC2)c1. The number of hydrogen-bond acceptors (Lipinski definition) is 6. The number of nitrogens with zero attached hydrogens (tertiary/aromatic N) is 3. The molecule has 0 bridgehead atoms. The Balaban J connectivity index is 1.62. The van der Waals surface area contributed by atoms with Crippen LogP contribution in [0.5, 0.6) is 0 Å². The van der Waals surface area contributed by atoms with Gasteiger partial charge in [-0.3, -0.25) is 10.3 Å². The van der Waals surface area contributed by atoms with E-state index in [2.05, 4.69) is 26.6 Å². The number of amides is 1. The van der Waals surface area contributed by atoms with Gasteiger partial charge >= 0.3 is 6.09 Å². The van der Waals surface area contributed by atoms with E-state index in [1.165, 1.54) is 39.2 Å². The molecule has 1 amide bonds. The average molecular weight is 410 g/mol. The molecule has 2 fully saturated rings. The Morgan fingerprint density at radius 1 is 1.20 bits per heavy atom. The zero-order chi connectivity index (χ0) is 20.8. The van der Waals surface area contributed by atoms with Gasteiger partial charge in [-0.1, -0.05) is 32.1 Å². The van der Waals surface area contributed by atoms with Crippen molar-refractivity contribution >= 4 is 17.6 Å². The van der Waals surface area contributed by atoms with Crippen LogP contribution in [0.25, 0.3) is 11.3 Å². The first-order chi connectivity index (χ1) is 14.7. The van der Waals surface area contributed by atoms with Crippen molar-refractivity contribution in [3.63, 3.8) is 0 Å². The molecule has 4 rings (SSSR count). The lowest BCUT2D eigenvalue weighted by molar-refractivity contribution is 0.187. The third-order valence-corrected chi connectivity index (χ3v) is 6.02. The number of pyridine rings is 2. The molecule has 0 atom stereocenters. The molecule has 0 aromatic carbocycles. The number of piperazine rings is 1. The first-order valence-corrected chi connectivity index (χ1v) is 11.0. The molecule has 0 radical (unpaired) electrons. The summed E-state index contributed by atoms with van der Waals surface area (Å²) in [6, 6.07) is 7.97. The van der Waals surface area contributed by atoms with Crippen LogP contribution in [0.2, 0.25) is 0 Å². The average Bonchev–Trinajstić information content (AvgIpc) is 2.80. The summed E-state index contributed by atoms with van der Waals surface area (Å²) in [5.74, 6) is 1.60. The fourth-order valence-corrected chi connectivity index (χ4v) is 4.40. The molecule has 2 aromatic rings. The Kier molecular flexibility index (Phi) is 6.79. The zero-order valence-electron chi connectivity index (χ0n) is 17.7. The van der Waals surface area contributed by atoms with Crippen LogP contribution in [-0.2, 0) is 11.2 Å². The van der Waals surface area contributed by atoms with Crippen LogP contribution in [0, 0.1) is 5.92 Å². The minimum atomic E-state index is -0.480. The summed E-state index contributed by atoms with van der Waals surface area (Å²) in [6.07, 6.45) is 9.06. The molecular weight excluding hydrogens is 378 g/mol. The molecular formula is C23H31N5O2. The van der Waals surface area contributed by atoms with E-state index in [0.29, 0.717) is 5.69 Å². The molecule has 1 aliphatic heterocycles. The molecule has 160 valence electrons. The minimum absolute atomic E-state index is 0.480.